The zero-order valence-corrected chi connectivity index (χ0v) is 29.8. The van der Waals surface area contributed by atoms with Crippen molar-refractivity contribution < 1.29 is 38.3 Å². The van der Waals surface area contributed by atoms with E-state index in [0.717, 1.165) is 47.9 Å². The molecule has 0 bridgehead atoms. The Morgan fingerprint density at radius 3 is 2.52 bits per heavy atom. The lowest BCUT2D eigenvalue weighted by molar-refractivity contribution is -0.757. The fraction of sp³-hybridized carbons (Fsp3) is 0.611. The molecule has 0 aliphatic carbocycles. The largest absolute Gasteiger partial charge is 0.417 e. The second-order valence-electron chi connectivity index (χ2n) is 13.0. The lowest BCUT2D eigenvalue weighted by atomic mass is 9.93. The number of oxime groups is 1. The van der Waals surface area contributed by atoms with Gasteiger partial charge in [0.1, 0.15) is 31.3 Å². The van der Waals surface area contributed by atoms with Crippen LogP contribution in [0.3, 0.4) is 0 Å². The second kappa shape index (κ2) is 19.0. The predicted molar refractivity (Wildman–Crippen MR) is 188 cm³/mol. The van der Waals surface area contributed by atoms with Gasteiger partial charge in [-0.05, 0) is 62.5 Å². The average molecular weight is 698 g/mol. The van der Waals surface area contributed by atoms with Crippen molar-refractivity contribution in [1.82, 2.24) is 25.6 Å². The van der Waals surface area contributed by atoms with E-state index in [1.165, 1.54) is 0 Å². The summed E-state index contributed by atoms with van der Waals surface area (Å²) in [5.41, 5.74) is 2.47. The second-order valence-corrected chi connectivity index (χ2v) is 13.0. The molecule has 50 heavy (non-hydrogen) atoms. The standard InChI is InChI=1S/C36H52N6O8/c1-6-24(3)32-36(46)41-20-14-13-19-31(41)35(45)37-28(17-10-8-9-15-26(7-2)40-49-23-50-48-5)33(43)38-29(34(44)39-32)21-25-22-42(47-4)30-18-12-11-16-27(25)30/h11-12,16,18,22,24,28-29,31-32H,5-10,13-15,17,19-21,23H2,1-4H3,(H2-,37,38,39,43,44,45)/p+1/t24?,28-,29-,31+,32-/m0/s1. The van der Waals surface area contributed by atoms with Crippen molar-refractivity contribution in [2.75, 3.05) is 20.4 Å². The number of aromatic nitrogens is 1. The van der Waals surface area contributed by atoms with Crippen LogP contribution in [0, 0.1) is 5.92 Å². The normalized spacial score (nSPS) is 22.7. The number of hydrogen-bond donors (Lipinski definition) is 3. The summed E-state index contributed by atoms with van der Waals surface area (Å²) >= 11 is 0. The smallest absolute Gasteiger partial charge is 0.363 e. The number of nitrogens with zero attached hydrogens (tertiary/aromatic N) is 3. The molecule has 3 N–H and O–H groups in total. The molecule has 2 saturated heterocycles. The molecule has 14 nitrogen and oxygen atoms in total. The Bertz CT molecular complexity index is 1510. The number of piperidine rings is 1. The minimum atomic E-state index is -1.02. The van der Waals surface area contributed by atoms with Crippen LogP contribution in [0.1, 0.15) is 90.5 Å². The van der Waals surface area contributed by atoms with E-state index in [0.29, 0.717) is 45.1 Å². The molecule has 2 aliphatic heterocycles. The summed E-state index contributed by atoms with van der Waals surface area (Å²) in [6, 6.07) is 4.17. The zero-order valence-electron chi connectivity index (χ0n) is 29.8. The van der Waals surface area contributed by atoms with Gasteiger partial charge in [-0.2, -0.15) is 4.73 Å². The molecular formula is C36H53N6O8+. The van der Waals surface area contributed by atoms with Crippen LogP contribution in [0.2, 0.25) is 0 Å². The molecule has 1 unspecified atom stereocenters. The van der Waals surface area contributed by atoms with E-state index in [9.17, 15) is 19.2 Å². The number of carbonyl (C=O) groups is 4. The number of para-hydroxylation sites is 1. The average Bonchev–Trinajstić information content (AvgIpc) is 3.49. The first kappa shape index (κ1) is 38.2. The van der Waals surface area contributed by atoms with Crippen molar-refractivity contribution in [3.8, 4) is 0 Å². The SMILES string of the molecule is C=[O+]OCON=C(CC)CCCCC[C@@H]1NC(=O)[C@H]2CCCCN2C(=O)[C@H](C(C)CC)NC(=O)[C@H](Cc2cn(OC)c3ccccc23)NC1=O. The molecule has 1 aromatic carbocycles. The van der Waals surface area contributed by atoms with E-state index in [2.05, 4.69) is 37.4 Å². The van der Waals surface area contributed by atoms with Gasteiger partial charge in [0.2, 0.25) is 23.6 Å². The van der Waals surface area contributed by atoms with Gasteiger partial charge >= 0.3 is 13.6 Å². The number of hydrogen-bond acceptors (Lipinski definition) is 8. The van der Waals surface area contributed by atoms with Crippen LogP contribution in [0.4, 0.5) is 0 Å². The van der Waals surface area contributed by atoms with Crippen molar-refractivity contribution >= 4 is 47.0 Å². The van der Waals surface area contributed by atoms with E-state index in [4.69, 9.17) is 9.68 Å². The molecule has 2 fully saturated rings. The number of carbonyl (C=O) groups excluding carboxylic acids is 5. The maximum absolute atomic E-state index is 14.1. The van der Waals surface area contributed by atoms with Crippen LogP contribution in [0.25, 0.3) is 10.9 Å². The fourth-order valence-electron chi connectivity index (χ4n) is 6.67. The quantitative estimate of drug-likeness (QED) is 0.0606. The summed E-state index contributed by atoms with van der Waals surface area (Å²) in [7, 11) is 1.56. The highest BCUT2D eigenvalue weighted by Gasteiger charge is 2.41. The summed E-state index contributed by atoms with van der Waals surface area (Å²) in [5, 5.41) is 13.9. The van der Waals surface area contributed by atoms with Gasteiger partial charge in [-0.15, -0.1) is 0 Å². The number of nitrogens with one attached hydrogen (secondary N) is 3. The Kier molecular flexibility index (Phi) is 14.5. The Morgan fingerprint density at radius 1 is 1.02 bits per heavy atom. The first-order valence-electron chi connectivity index (χ1n) is 17.8. The Morgan fingerprint density at radius 2 is 1.78 bits per heavy atom. The summed E-state index contributed by atoms with van der Waals surface area (Å²) < 4.78 is 5.87. The highest BCUT2D eigenvalue weighted by atomic mass is 17.2. The minimum Gasteiger partial charge on any atom is -0.417 e. The number of unbranched alkanes of at least 4 members (excludes halogenated alkanes) is 2. The third-order valence-electron chi connectivity index (χ3n) is 9.76. The predicted octanol–water partition coefficient (Wildman–Crippen LogP) is 3.12. The van der Waals surface area contributed by atoms with E-state index in [1.54, 1.807) is 22.9 Å². The molecule has 3 heterocycles. The van der Waals surface area contributed by atoms with Gasteiger partial charge in [-0.3, -0.25) is 19.2 Å². The topological polar surface area (TPSA) is 164 Å². The van der Waals surface area contributed by atoms with Crippen molar-refractivity contribution in [1.29, 1.82) is 0 Å². The molecule has 0 radical (unpaired) electrons. The van der Waals surface area contributed by atoms with E-state index >= 15 is 0 Å². The lowest BCUT2D eigenvalue weighted by Crippen LogP contribution is -2.64. The monoisotopic (exact) mass is 697 g/mol. The van der Waals surface area contributed by atoms with Crippen molar-refractivity contribution in [2.45, 2.75) is 116 Å². The molecule has 1 aromatic heterocycles. The van der Waals surface area contributed by atoms with Gasteiger partial charge in [0.15, 0.2) is 0 Å². The van der Waals surface area contributed by atoms with E-state index < -0.39 is 36.0 Å². The van der Waals surface area contributed by atoms with Gasteiger partial charge in [-0.25, -0.2) is 0 Å². The molecule has 0 saturated carbocycles. The molecule has 2 aromatic rings. The molecular weight excluding hydrogens is 644 g/mol. The molecule has 5 atom stereocenters. The van der Waals surface area contributed by atoms with E-state index in [-0.39, 0.29) is 30.9 Å². The molecule has 274 valence electrons. The van der Waals surface area contributed by atoms with Gasteiger partial charge in [0.25, 0.3) is 0 Å². The van der Waals surface area contributed by atoms with Crippen LogP contribution < -0.4 is 20.8 Å². The van der Waals surface area contributed by atoms with Gasteiger partial charge in [0.05, 0.1) is 11.2 Å². The lowest BCUT2D eigenvalue weighted by Gasteiger charge is -2.39. The highest BCUT2D eigenvalue weighted by molar-refractivity contribution is 5.98. The first-order valence-corrected chi connectivity index (χ1v) is 17.8. The Balaban J connectivity index is 1.58. The van der Waals surface area contributed by atoms with Crippen LogP contribution in [0.15, 0.2) is 35.6 Å². The summed E-state index contributed by atoms with van der Waals surface area (Å²) in [5.74, 6) is -1.71. The summed E-state index contributed by atoms with van der Waals surface area (Å²) in [4.78, 5) is 73.0. The van der Waals surface area contributed by atoms with Crippen LogP contribution in [-0.2, 0) is 39.9 Å². The summed E-state index contributed by atoms with van der Waals surface area (Å²) in [6.45, 7) is 9.21. The molecule has 4 rings (SSSR count). The first-order chi connectivity index (χ1) is 24.2. The van der Waals surface area contributed by atoms with Gasteiger partial charge < -0.3 is 30.5 Å². The third kappa shape index (κ3) is 9.75. The summed E-state index contributed by atoms with van der Waals surface area (Å²) in [6.07, 6.45) is 8.58. The maximum Gasteiger partial charge on any atom is 0.363 e. The van der Waals surface area contributed by atoms with Crippen molar-refractivity contribution in [3.63, 3.8) is 0 Å². The van der Waals surface area contributed by atoms with Crippen LogP contribution in [-0.4, -0.2) is 90.4 Å². The highest BCUT2D eigenvalue weighted by Crippen LogP contribution is 2.24. The Labute approximate surface area is 293 Å². The number of benzene rings is 1. The van der Waals surface area contributed by atoms with Crippen molar-refractivity contribution in [2.24, 2.45) is 11.1 Å². The minimum absolute atomic E-state index is 0.149. The van der Waals surface area contributed by atoms with E-state index in [1.807, 2.05) is 45.0 Å². The van der Waals surface area contributed by atoms with Gasteiger partial charge in [-0.1, -0.05) is 68.3 Å². The van der Waals surface area contributed by atoms with Crippen LogP contribution in [0.5, 0.6) is 0 Å². The van der Waals surface area contributed by atoms with Gasteiger partial charge in [0, 0.05) is 29.1 Å². The van der Waals surface area contributed by atoms with Crippen molar-refractivity contribution in [3.05, 3.63) is 36.0 Å². The number of rotatable bonds is 16. The molecule has 0 spiro atoms. The number of fused-ring (bicyclic) bond motifs is 2. The molecule has 14 heteroatoms. The maximum atomic E-state index is 14.1. The molecule has 4 amide bonds. The van der Waals surface area contributed by atoms with Crippen LogP contribution >= 0.6 is 0 Å². The number of amides is 4. The Hall–Kier alpha value is -4.62. The fourth-order valence-corrected chi connectivity index (χ4v) is 6.67. The molecule has 2 aliphatic rings. The third-order valence-corrected chi connectivity index (χ3v) is 9.76. The zero-order chi connectivity index (χ0) is 36.0.